The van der Waals surface area contributed by atoms with Gasteiger partial charge in [-0.25, -0.2) is 0 Å². The van der Waals surface area contributed by atoms with Crippen LogP contribution in [0.5, 0.6) is 23.0 Å². The smallest absolute Gasteiger partial charge is 0.260 e. The fraction of sp³-hybridized carbons (Fsp3) is 0.103. The molecule has 0 saturated carbocycles. The topological polar surface area (TPSA) is 24.9 Å². The van der Waals surface area contributed by atoms with Gasteiger partial charge in [-0.2, -0.15) is 0 Å². The quantitative estimate of drug-likeness (QED) is 0.143. The summed E-state index contributed by atoms with van der Waals surface area (Å²) in [7, 11) is 0. The van der Waals surface area contributed by atoms with Gasteiger partial charge in [0.05, 0.1) is 0 Å². The Bertz CT molecular complexity index is 3070. The lowest BCUT2D eigenvalue weighted by atomic mass is 9.34. The van der Waals surface area contributed by atoms with Gasteiger partial charge in [-0.15, -0.1) is 0 Å². The molecule has 0 radical (unpaired) electrons. The first kappa shape index (κ1) is 38.4. The second-order valence-electron chi connectivity index (χ2n) is 17.0. The van der Waals surface area contributed by atoms with Crippen molar-refractivity contribution in [2.75, 3.05) is 9.80 Å². The molecule has 0 unspecified atom stereocenters. The molecule has 63 heavy (non-hydrogen) atoms. The predicted molar refractivity (Wildman–Crippen MR) is 264 cm³/mol. The average Bonchev–Trinajstić information content (AvgIpc) is 3.32. The third kappa shape index (κ3) is 6.63. The molecular weight excluding hydrogens is 767 g/mol. The van der Waals surface area contributed by atoms with Crippen LogP contribution >= 0.6 is 0 Å². The standard InChI is InChI=1S/C58H47BN2O2/c1-38-17-5-11-23-50(38)60(51-24-12-6-18-39(51)2)44-33-29-42(30-34-44)46-37-47(58-56-57(46)62-54-27-15-9-21-48(54)59(56)49-22-10-16-28-55(49)63-58)43-31-35-45(36-32-43)61(52-25-13-7-19-40(52)3)53-26-14-8-20-41(53)4/h5-7,9-19,21-37H,8,20H2,1-4H3. The molecule has 8 aromatic rings. The summed E-state index contributed by atoms with van der Waals surface area (Å²) in [6.45, 7) is 8.75. The summed E-state index contributed by atoms with van der Waals surface area (Å²) in [5.74, 6) is 3.42. The average molecular weight is 815 g/mol. The molecule has 0 atom stereocenters. The van der Waals surface area contributed by atoms with E-state index in [-0.39, 0.29) is 6.71 Å². The number of hydrogen-bond acceptors (Lipinski definition) is 4. The largest absolute Gasteiger partial charge is 0.458 e. The number of ether oxygens (including phenoxy) is 2. The highest BCUT2D eigenvalue weighted by Crippen LogP contribution is 2.48. The summed E-state index contributed by atoms with van der Waals surface area (Å²) in [6.07, 6.45) is 6.70. The van der Waals surface area contributed by atoms with Crippen LogP contribution in [0.4, 0.5) is 28.4 Å². The lowest BCUT2D eigenvalue weighted by molar-refractivity contribution is 0.467. The maximum atomic E-state index is 7.04. The Kier molecular flexibility index (Phi) is 9.61. The van der Waals surface area contributed by atoms with Crippen LogP contribution in [0.2, 0.25) is 0 Å². The van der Waals surface area contributed by atoms with Crippen molar-refractivity contribution in [1.29, 1.82) is 0 Å². The van der Waals surface area contributed by atoms with Crippen LogP contribution in [0.15, 0.2) is 199 Å². The van der Waals surface area contributed by atoms with Crippen molar-refractivity contribution in [3.63, 3.8) is 0 Å². The Hall–Kier alpha value is -7.50. The van der Waals surface area contributed by atoms with Crippen molar-refractivity contribution in [3.05, 3.63) is 216 Å². The minimum atomic E-state index is -0.0655. The number of rotatable bonds is 8. The minimum absolute atomic E-state index is 0.0655. The van der Waals surface area contributed by atoms with Gasteiger partial charge >= 0.3 is 0 Å². The van der Waals surface area contributed by atoms with Crippen molar-refractivity contribution in [2.45, 2.75) is 40.5 Å². The van der Waals surface area contributed by atoms with E-state index in [4.69, 9.17) is 9.47 Å². The molecule has 2 heterocycles. The summed E-state index contributed by atoms with van der Waals surface area (Å²) < 4.78 is 14.1. The summed E-state index contributed by atoms with van der Waals surface area (Å²) >= 11 is 0. The number of aryl methyl sites for hydroxylation is 3. The van der Waals surface area contributed by atoms with Crippen molar-refractivity contribution < 1.29 is 9.47 Å². The van der Waals surface area contributed by atoms with Gasteiger partial charge in [-0.1, -0.05) is 121 Å². The van der Waals surface area contributed by atoms with E-state index in [1.165, 1.54) is 33.6 Å². The normalized spacial score (nSPS) is 13.4. The third-order valence-corrected chi connectivity index (χ3v) is 13.0. The molecule has 304 valence electrons. The van der Waals surface area contributed by atoms with Crippen LogP contribution in [-0.4, -0.2) is 6.71 Å². The van der Waals surface area contributed by atoms with Crippen molar-refractivity contribution in [1.82, 2.24) is 0 Å². The number of fused-ring (bicyclic) bond motifs is 4. The van der Waals surface area contributed by atoms with E-state index in [0.29, 0.717) is 0 Å². The second kappa shape index (κ2) is 15.8. The number of anilines is 5. The number of nitrogens with zero attached hydrogens (tertiary/aromatic N) is 2. The van der Waals surface area contributed by atoms with Gasteiger partial charge in [-0.3, -0.25) is 0 Å². The first-order valence-corrected chi connectivity index (χ1v) is 22.0. The van der Waals surface area contributed by atoms with Crippen LogP contribution in [0, 0.1) is 20.8 Å². The van der Waals surface area contributed by atoms with Crippen LogP contribution in [0.3, 0.4) is 0 Å². The second-order valence-corrected chi connectivity index (χ2v) is 17.0. The molecule has 2 aliphatic heterocycles. The van der Waals surface area contributed by atoms with Crippen LogP contribution in [0.1, 0.15) is 36.5 Å². The lowest BCUT2D eigenvalue weighted by Crippen LogP contribution is -2.57. The highest BCUT2D eigenvalue weighted by molar-refractivity contribution is 6.98. The number of hydrogen-bond donors (Lipinski definition) is 0. The lowest BCUT2D eigenvalue weighted by Gasteiger charge is -2.35. The van der Waals surface area contributed by atoms with Gasteiger partial charge in [0.1, 0.15) is 23.0 Å². The first-order valence-electron chi connectivity index (χ1n) is 22.0. The predicted octanol–water partition coefficient (Wildman–Crippen LogP) is 13.9. The molecule has 1 aliphatic carbocycles. The zero-order valence-corrected chi connectivity index (χ0v) is 36.1. The molecule has 3 aliphatic rings. The Morgan fingerprint density at radius 3 is 1.37 bits per heavy atom. The first-order chi connectivity index (χ1) is 30.9. The van der Waals surface area contributed by atoms with E-state index >= 15 is 0 Å². The fourth-order valence-electron chi connectivity index (χ4n) is 9.77. The van der Waals surface area contributed by atoms with Crippen LogP contribution < -0.4 is 35.7 Å². The molecule has 0 fully saturated rings. The minimum Gasteiger partial charge on any atom is -0.458 e. The zero-order chi connectivity index (χ0) is 42.6. The summed E-state index contributed by atoms with van der Waals surface area (Å²) in [4.78, 5) is 4.78. The molecule has 0 amide bonds. The maximum Gasteiger partial charge on any atom is 0.260 e. The molecule has 0 bridgehead atoms. The van der Waals surface area contributed by atoms with Crippen LogP contribution in [-0.2, 0) is 0 Å². The summed E-state index contributed by atoms with van der Waals surface area (Å²) in [5.41, 5.74) is 19.5. The van der Waals surface area contributed by atoms with Gasteiger partial charge in [0.2, 0.25) is 0 Å². The monoisotopic (exact) mass is 814 g/mol. The van der Waals surface area contributed by atoms with Gasteiger partial charge in [-0.05, 0) is 152 Å². The Morgan fingerprint density at radius 2 is 0.889 bits per heavy atom. The van der Waals surface area contributed by atoms with E-state index in [1.54, 1.807) is 0 Å². The fourth-order valence-corrected chi connectivity index (χ4v) is 9.77. The zero-order valence-electron chi connectivity index (χ0n) is 36.1. The maximum absolute atomic E-state index is 7.04. The van der Waals surface area contributed by atoms with Crippen molar-refractivity contribution >= 4 is 51.5 Å². The van der Waals surface area contributed by atoms with E-state index < -0.39 is 0 Å². The van der Waals surface area contributed by atoms with E-state index in [0.717, 1.165) is 97.2 Å². The molecule has 11 rings (SSSR count). The molecule has 0 N–H and O–H groups in total. The number of para-hydroxylation sites is 5. The molecule has 0 saturated heterocycles. The van der Waals surface area contributed by atoms with Crippen molar-refractivity contribution in [2.24, 2.45) is 0 Å². The SMILES string of the molecule is CC1=C(N(c2ccc(-c3cc(-c4ccc(N(c5ccccc5C)c5ccccc5C)cc4)c4c5c3Oc3ccccc3B5c3ccccc3O4)cc2)c2ccccc2C)C=CCC1. The molecule has 5 heteroatoms. The summed E-state index contributed by atoms with van der Waals surface area (Å²) in [6, 6.07) is 63.1. The Balaban J connectivity index is 1.09. The van der Waals surface area contributed by atoms with Gasteiger partial charge < -0.3 is 19.3 Å². The molecule has 0 spiro atoms. The highest BCUT2D eigenvalue weighted by Gasteiger charge is 2.42. The molecule has 4 nitrogen and oxygen atoms in total. The Labute approximate surface area is 371 Å². The number of benzene rings is 8. The van der Waals surface area contributed by atoms with E-state index in [2.05, 4.69) is 226 Å². The number of allylic oxidation sites excluding steroid dienone is 3. The third-order valence-electron chi connectivity index (χ3n) is 13.0. The van der Waals surface area contributed by atoms with Crippen LogP contribution in [0.25, 0.3) is 22.3 Å². The Morgan fingerprint density at radius 1 is 0.460 bits per heavy atom. The van der Waals surface area contributed by atoms with E-state index in [9.17, 15) is 0 Å². The van der Waals surface area contributed by atoms with Crippen molar-refractivity contribution in [3.8, 4) is 45.3 Å². The summed E-state index contributed by atoms with van der Waals surface area (Å²) in [5, 5.41) is 0. The van der Waals surface area contributed by atoms with Gasteiger partial charge in [0.25, 0.3) is 6.71 Å². The van der Waals surface area contributed by atoms with Gasteiger partial charge in [0, 0.05) is 50.7 Å². The molecule has 0 aromatic heterocycles. The van der Waals surface area contributed by atoms with E-state index in [1.807, 2.05) is 0 Å². The van der Waals surface area contributed by atoms with Gasteiger partial charge in [0.15, 0.2) is 0 Å². The molecule has 8 aromatic carbocycles. The molecular formula is C58H47BN2O2. The highest BCUT2D eigenvalue weighted by atomic mass is 16.5.